The summed E-state index contributed by atoms with van der Waals surface area (Å²) in [6.45, 7) is 1.81. The molecule has 2 bridgehead atoms. The fraction of sp³-hybridized carbons (Fsp3) is 0.367. The Kier molecular flexibility index (Phi) is 8.35. The summed E-state index contributed by atoms with van der Waals surface area (Å²) >= 11 is 0. The third-order valence-electron chi connectivity index (χ3n) is 7.18. The molecule has 2 aromatic carbocycles. The third kappa shape index (κ3) is 6.91. The number of H-pyrrole nitrogens is 1. The summed E-state index contributed by atoms with van der Waals surface area (Å²) < 4.78 is 18.6. The van der Waals surface area contributed by atoms with Gasteiger partial charge in [0.1, 0.15) is 0 Å². The first-order valence-corrected chi connectivity index (χ1v) is 13.1. The van der Waals surface area contributed by atoms with Crippen molar-refractivity contribution in [2.24, 2.45) is 0 Å². The number of nitrogens with one attached hydrogen (secondary N) is 2. The van der Waals surface area contributed by atoms with Gasteiger partial charge in [-0.05, 0) is 54.7 Å². The summed E-state index contributed by atoms with van der Waals surface area (Å²) in [5, 5.41) is 12.7. The molecule has 8 nitrogen and oxygen atoms in total. The molecule has 202 valence electrons. The highest BCUT2D eigenvalue weighted by molar-refractivity contribution is 5.77. The number of carbonyl (C=O) groups is 1. The first kappa shape index (κ1) is 26.6. The number of benzene rings is 2. The molecule has 5 rings (SSSR count). The number of ether oxygens (including phenoxy) is 1. The van der Waals surface area contributed by atoms with E-state index in [1.165, 1.54) is 24.7 Å². The van der Waals surface area contributed by atoms with Gasteiger partial charge in [-0.2, -0.15) is 0 Å². The van der Waals surface area contributed by atoms with Crippen molar-refractivity contribution in [1.29, 1.82) is 0 Å². The van der Waals surface area contributed by atoms with E-state index in [0.29, 0.717) is 18.6 Å². The molecule has 1 aromatic heterocycles. The van der Waals surface area contributed by atoms with Crippen LogP contribution >= 0.6 is 0 Å². The van der Waals surface area contributed by atoms with E-state index in [0.717, 1.165) is 36.3 Å². The monoisotopic (exact) mass is 530 g/mol. The second-order valence-electron chi connectivity index (χ2n) is 10.1. The molecular weight excluding hydrogens is 499 g/mol. The van der Waals surface area contributed by atoms with Gasteiger partial charge in [-0.15, -0.1) is 0 Å². The maximum Gasteiger partial charge on any atom is 0.293 e. The van der Waals surface area contributed by atoms with Gasteiger partial charge < -0.3 is 20.1 Å². The standard InChI is InChI=1S/C30H31FN4O4/c31-14-27(36)32-15-24(28-29(37)30(38)34-19-33-28)13-22-7-3-20(4-8-22)1-2-21-5-9-23(10-6-21)16-35-17-25-11-12-26(18-35)39-25/h3-10,19,24-26,37H,11-18H2,(H,32,36)(H,33,34,38). The molecule has 2 aliphatic heterocycles. The Morgan fingerprint density at radius 1 is 1.08 bits per heavy atom. The molecular formula is C30H31FN4O4. The predicted octanol–water partition coefficient (Wildman–Crippen LogP) is 2.65. The molecule has 9 heteroatoms. The minimum atomic E-state index is -1.15. The topological polar surface area (TPSA) is 108 Å². The van der Waals surface area contributed by atoms with Crippen LogP contribution in [0.5, 0.6) is 5.75 Å². The average Bonchev–Trinajstić information content (AvgIpc) is 3.30. The van der Waals surface area contributed by atoms with Crippen LogP contribution < -0.4 is 10.9 Å². The Hall–Kier alpha value is -4.00. The summed E-state index contributed by atoms with van der Waals surface area (Å²) in [5.41, 5.74) is 3.40. The second-order valence-corrected chi connectivity index (χ2v) is 10.1. The van der Waals surface area contributed by atoms with E-state index in [-0.39, 0.29) is 12.2 Å². The Morgan fingerprint density at radius 2 is 1.69 bits per heavy atom. The van der Waals surface area contributed by atoms with Gasteiger partial charge >= 0.3 is 0 Å². The number of nitrogens with zero attached hydrogens (tertiary/aromatic N) is 2. The minimum Gasteiger partial charge on any atom is -0.502 e. The number of aromatic amines is 1. The quantitative estimate of drug-likeness (QED) is 0.387. The van der Waals surface area contributed by atoms with Crippen molar-refractivity contribution < 1.29 is 19.0 Å². The molecule has 2 saturated heterocycles. The number of alkyl halides is 1. The molecule has 0 saturated carbocycles. The maximum atomic E-state index is 12.6. The number of rotatable bonds is 8. The Balaban J connectivity index is 1.21. The molecule has 39 heavy (non-hydrogen) atoms. The van der Waals surface area contributed by atoms with Crippen molar-refractivity contribution in [1.82, 2.24) is 20.2 Å². The van der Waals surface area contributed by atoms with Crippen LogP contribution in [0.1, 0.15) is 46.7 Å². The van der Waals surface area contributed by atoms with E-state index in [2.05, 4.69) is 44.2 Å². The smallest absolute Gasteiger partial charge is 0.293 e. The van der Waals surface area contributed by atoms with Gasteiger partial charge in [-0.25, -0.2) is 9.37 Å². The van der Waals surface area contributed by atoms with Crippen LogP contribution in [0.25, 0.3) is 0 Å². The van der Waals surface area contributed by atoms with Crippen LogP contribution in [0.4, 0.5) is 4.39 Å². The van der Waals surface area contributed by atoms with E-state index < -0.39 is 29.8 Å². The normalized spacial score (nSPS) is 19.2. The number of halogens is 1. The van der Waals surface area contributed by atoms with E-state index in [1.807, 2.05) is 36.4 Å². The van der Waals surface area contributed by atoms with Gasteiger partial charge in [-0.1, -0.05) is 36.1 Å². The van der Waals surface area contributed by atoms with Gasteiger partial charge in [0.15, 0.2) is 6.67 Å². The number of aromatic hydroxyl groups is 1. The van der Waals surface area contributed by atoms with Gasteiger partial charge in [0.25, 0.3) is 11.5 Å². The lowest BCUT2D eigenvalue weighted by atomic mass is 9.94. The zero-order valence-electron chi connectivity index (χ0n) is 21.5. The number of likely N-dealkylation sites (tertiary alicyclic amines) is 1. The Labute approximate surface area is 226 Å². The van der Waals surface area contributed by atoms with Crippen molar-refractivity contribution in [2.45, 2.75) is 43.9 Å². The van der Waals surface area contributed by atoms with Crippen LogP contribution in [0.2, 0.25) is 0 Å². The number of hydrogen-bond acceptors (Lipinski definition) is 6. The molecule has 0 radical (unpaired) electrons. The fourth-order valence-electron chi connectivity index (χ4n) is 5.19. The molecule has 0 spiro atoms. The van der Waals surface area contributed by atoms with Crippen LogP contribution in [-0.4, -0.2) is 64.4 Å². The third-order valence-corrected chi connectivity index (χ3v) is 7.18. The van der Waals surface area contributed by atoms with Gasteiger partial charge in [0.2, 0.25) is 5.75 Å². The van der Waals surface area contributed by atoms with Crippen LogP contribution in [0.15, 0.2) is 59.7 Å². The molecule has 3 heterocycles. The van der Waals surface area contributed by atoms with Crippen molar-refractivity contribution >= 4 is 5.91 Å². The highest BCUT2D eigenvalue weighted by Gasteiger charge is 2.33. The van der Waals surface area contributed by atoms with E-state index >= 15 is 0 Å². The number of amides is 1. The van der Waals surface area contributed by atoms with Crippen molar-refractivity contribution in [2.75, 3.05) is 26.3 Å². The van der Waals surface area contributed by atoms with Crippen molar-refractivity contribution in [3.8, 4) is 17.6 Å². The lowest BCUT2D eigenvalue weighted by molar-refractivity contribution is -0.122. The second kappa shape index (κ2) is 12.2. The lowest BCUT2D eigenvalue weighted by Gasteiger charge is -2.32. The molecule has 1 amide bonds. The predicted molar refractivity (Wildman–Crippen MR) is 144 cm³/mol. The number of aromatic nitrogens is 2. The average molecular weight is 531 g/mol. The SMILES string of the molecule is O=C(CF)NCC(Cc1ccc(C#Cc2ccc(CN3CC4CCC(C3)O4)cc2)cc1)c1nc[nH]c(=O)c1O. The van der Waals surface area contributed by atoms with Crippen LogP contribution in [0, 0.1) is 11.8 Å². The first-order valence-electron chi connectivity index (χ1n) is 13.1. The molecule has 2 fully saturated rings. The van der Waals surface area contributed by atoms with E-state index in [4.69, 9.17) is 4.74 Å². The van der Waals surface area contributed by atoms with E-state index in [1.54, 1.807) is 0 Å². The van der Waals surface area contributed by atoms with Gasteiger partial charge in [0, 0.05) is 43.2 Å². The Morgan fingerprint density at radius 3 is 2.31 bits per heavy atom. The molecule has 0 aliphatic carbocycles. The van der Waals surface area contributed by atoms with Crippen LogP contribution in [0.3, 0.4) is 0 Å². The summed E-state index contributed by atoms with van der Waals surface area (Å²) in [6, 6.07) is 15.9. The fourth-order valence-corrected chi connectivity index (χ4v) is 5.19. The lowest BCUT2D eigenvalue weighted by Crippen LogP contribution is -2.41. The molecule has 3 unspecified atom stereocenters. The zero-order valence-corrected chi connectivity index (χ0v) is 21.5. The molecule has 3 atom stereocenters. The summed E-state index contributed by atoms with van der Waals surface area (Å²) in [4.78, 5) is 32.2. The minimum absolute atomic E-state index is 0.0248. The van der Waals surface area contributed by atoms with Crippen molar-refractivity contribution in [3.05, 3.63) is 93.2 Å². The number of fused-ring (bicyclic) bond motifs is 2. The largest absolute Gasteiger partial charge is 0.502 e. The summed E-state index contributed by atoms with van der Waals surface area (Å²) in [5.74, 6) is 4.59. The van der Waals surface area contributed by atoms with E-state index in [9.17, 15) is 19.1 Å². The number of carbonyl (C=O) groups excluding carboxylic acids is 1. The highest BCUT2D eigenvalue weighted by atomic mass is 19.1. The molecule has 3 N–H and O–H groups in total. The summed E-state index contributed by atoms with van der Waals surface area (Å²) in [6.07, 6.45) is 4.69. The zero-order chi connectivity index (χ0) is 27.2. The highest BCUT2D eigenvalue weighted by Crippen LogP contribution is 2.27. The summed E-state index contributed by atoms with van der Waals surface area (Å²) in [7, 11) is 0. The Bertz CT molecular complexity index is 1400. The first-order chi connectivity index (χ1) is 19.0. The number of morpholine rings is 1. The van der Waals surface area contributed by atoms with Crippen molar-refractivity contribution in [3.63, 3.8) is 0 Å². The number of hydrogen-bond donors (Lipinski definition) is 3. The maximum absolute atomic E-state index is 12.6. The van der Waals surface area contributed by atoms with Gasteiger partial charge in [-0.3, -0.25) is 14.5 Å². The van der Waals surface area contributed by atoms with Gasteiger partial charge in [0.05, 0.1) is 24.2 Å². The molecule has 2 aliphatic rings. The van der Waals surface area contributed by atoms with Crippen LogP contribution in [-0.2, 0) is 22.5 Å². The molecule has 3 aromatic rings.